The molecule has 2 aromatic heterocycles. The molecule has 1 saturated carbocycles. The van der Waals surface area contributed by atoms with Crippen LogP contribution in [0.1, 0.15) is 49.9 Å². The summed E-state index contributed by atoms with van der Waals surface area (Å²) < 4.78 is 27.7. The fourth-order valence-corrected chi connectivity index (χ4v) is 3.54. The highest BCUT2D eigenvalue weighted by molar-refractivity contribution is 5.81. The minimum Gasteiger partial charge on any atom is -0.342 e. The maximum absolute atomic E-state index is 13.3. The van der Waals surface area contributed by atoms with Crippen molar-refractivity contribution in [3.8, 4) is 0 Å². The third-order valence-corrected chi connectivity index (χ3v) is 5.10. The van der Waals surface area contributed by atoms with Gasteiger partial charge in [-0.3, -0.25) is 4.79 Å². The number of alkyl halides is 2. The normalized spacial score (nSPS) is 27.0. The first-order valence-corrected chi connectivity index (χ1v) is 8.32. The molecule has 24 heavy (non-hydrogen) atoms. The van der Waals surface area contributed by atoms with Gasteiger partial charge in [-0.05, 0) is 31.2 Å². The molecule has 8 heteroatoms. The van der Waals surface area contributed by atoms with E-state index in [9.17, 15) is 13.6 Å². The van der Waals surface area contributed by atoms with Crippen LogP contribution in [0.3, 0.4) is 0 Å². The quantitative estimate of drug-likeness (QED) is 0.864. The number of rotatable bonds is 3. The maximum atomic E-state index is 13.3. The standard InChI is InChI=1S/C16H19F2N5O/c1-9-5-11(9)15(24)22-4-2-3-10(7-22)12-6-13(14(17)18)23-16(21-12)19-8-20-23/h6,8-11,14H,2-5,7H2,1H3/t9-,10-,11+/m1/s1. The topological polar surface area (TPSA) is 63.4 Å². The predicted molar refractivity (Wildman–Crippen MR) is 81.6 cm³/mol. The Bertz CT molecular complexity index is 777. The van der Waals surface area contributed by atoms with Crippen LogP contribution in [0.5, 0.6) is 0 Å². The van der Waals surface area contributed by atoms with E-state index in [2.05, 4.69) is 22.0 Å². The van der Waals surface area contributed by atoms with Gasteiger partial charge in [0.2, 0.25) is 5.91 Å². The number of amides is 1. The molecule has 4 rings (SSSR count). The molecule has 1 aliphatic carbocycles. The number of aromatic nitrogens is 4. The first kappa shape index (κ1) is 15.4. The van der Waals surface area contributed by atoms with Crippen molar-refractivity contribution in [2.24, 2.45) is 11.8 Å². The van der Waals surface area contributed by atoms with Crippen molar-refractivity contribution in [1.29, 1.82) is 0 Å². The van der Waals surface area contributed by atoms with Crippen molar-refractivity contribution in [2.75, 3.05) is 13.1 Å². The Labute approximate surface area is 137 Å². The lowest BCUT2D eigenvalue weighted by molar-refractivity contribution is -0.134. The number of piperidine rings is 1. The molecule has 1 saturated heterocycles. The first-order valence-electron chi connectivity index (χ1n) is 8.32. The first-order chi connectivity index (χ1) is 11.5. The molecular formula is C16H19F2N5O. The molecule has 2 fully saturated rings. The van der Waals surface area contributed by atoms with Crippen LogP contribution in [0, 0.1) is 11.8 Å². The van der Waals surface area contributed by atoms with Gasteiger partial charge >= 0.3 is 0 Å². The average molecular weight is 335 g/mol. The van der Waals surface area contributed by atoms with E-state index in [0.29, 0.717) is 18.2 Å². The Balaban J connectivity index is 1.60. The fourth-order valence-electron chi connectivity index (χ4n) is 3.54. The summed E-state index contributed by atoms with van der Waals surface area (Å²) in [7, 11) is 0. The van der Waals surface area contributed by atoms with Gasteiger partial charge in [-0.25, -0.2) is 13.8 Å². The van der Waals surface area contributed by atoms with Crippen LogP contribution in [-0.4, -0.2) is 43.5 Å². The second-order valence-corrected chi connectivity index (χ2v) is 6.82. The van der Waals surface area contributed by atoms with Crippen LogP contribution in [-0.2, 0) is 4.79 Å². The lowest BCUT2D eigenvalue weighted by Gasteiger charge is -2.33. The smallest absolute Gasteiger partial charge is 0.280 e. The predicted octanol–water partition coefficient (Wildman–Crippen LogP) is 2.42. The van der Waals surface area contributed by atoms with E-state index in [4.69, 9.17) is 0 Å². The summed E-state index contributed by atoms with van der Waals surface area (Å²) in [4.78, 5) is 22.7. The number of hydrogen-bond donors (Lipinski definition) is 0. The molecule has 1 aliphatic heterocycles. The zero-order valence-electron chi connectivity index (χ0n) is 13.4. The van der Waals surface area contributed by atoms with Gasteiger partial charge in [0.1, 0.15) is 12.0 Å². The number of carbonyl (C=O) groups excluding carboxylic acids is 1. The minimum absolute atomic E-state index is 0.0315. The summed E-state index contributed by atoms with van der Waals surface area (Å²) in [5.41, 5.74) is 0.374. The molecule has 0 N–H and O–H groups in total. The monoisotopic (exact) mass is 335 g/mol. The van der Waals surface area contributed by atoms with Gasteiger partial charge in [-0.2, -0.15) is 14.6 Å². The number of halogens is 2. The van der Waals surface area contributed by atoms with Crippen molar-refractivity contribution >= 4 is 11.7 Å². The fraction of sp³-hybridized carbons (Fsp3) is 0.625. The Morgan fingerprint density at radius 1 is 1.42 bits per heavy atom. The number of likely N-dealkylation sites (tertiary alicyclic amines) is 1. The van der Waals surface area contributed by atoms with E-state index in [1.807, 2.05) is 4.90 Å². The molecule has 0 radical (unpaired) electrons. The Morgan fingerprint density at radius 3 is 2.92 bits per heavy atom. The molecule has 0 bridgehead atoms. The molecule has 2 aliphatic rings. The van der Waals surface area contributed by atoms with Crippen LogP contribution in [0.15, 0.2) is 12.4 Å². The molecule has 0 spiro atoms. The van der Waals surface area contributed by atoms with Gasteiger partial charge < -0.3 is 4.90 Å². The highest BCUT2D eigenvalue weighted by atomic mass is 19.3. The lowest BCUT2D eigenvalue weighted by Crippen LogP contribution is -2.40. The van der Waals surface area contributed by atoms with Gasteiger partial charge in [0, 0.05) is 24.9 Å². The maximum Gasteiger partial charge on any atom is 0.280 e. The highest BCUT2D eigenvalue weighted by Gasteiger charge is 2.42. The third-order valence-electron chi connectivity index (χ3n) is 5.10. The molecule has 6 nitrogen and oxygen atoms in total. The van der Waals surface area contributed by atoms with E-state index in [-0.39, 0.29) is 29.2 Å². The molecular weight excluding hydrogens is 316 g/mol. The van der Waals surface area contributed by atoms with Gasteiger partial charge in [-0.15, -0.1) is 0 Å². The van der Waals surface area contributed by atoms with Crippen LogP contribution < -0.4 is 0 Å². The number of carbonyl (C=O) groups is 1. The van der Waals surface area contributed by atoms with Gasteiger partial charge in [0.15, 0.2) is 0 Å². The number of fused-ring (bicyclic) bond motifs is 1. The van der Waals surface area contributed by atoms with E-state index in [1.54, 1.807) is 0 Å². The number of nitrogens with zero attached hydrogens (tertiary/aromatic N) is 5. The van der Waals surface area contributed by atoms with Gasteiger partial charge in [0.05, 0.1) is 5.69 Å². The van der Waals surface area contributed by atoms with E-state index >= 15 is 0 Å². The Hall–Kier alpha value is -2.12. The zero-order chi connectivity index (χ0) is 16.8. The minimum atomic E-state index is -2.65. The third kappa shape index (κ3) is 2.63. The largest absolute Gasteiger partial charge is 0.342 e. The zero-order valence-corrected chi connectivity index (χ0v) is 13.4. The molecule has 2 aromatic rings. The molecule has 0 unspecified atom stereocenters. The summed E-state index contributed by atoms with van der Waals surface area (Å²) in [6, 6.07) is 1.41. The average Bonchev–Trinajstić information content (AvgIpc) is 3.12. The van der Waals surface area contributed by atoms with Crippen molar-refractivity contribution in [3.05, 3.63) is 23.8 Å². The van der Waals surface area contributed by atoms with Crippen LogP contribution in [0.25, 0.3) is 5.78 Å². The summed E-state index contributed by atoms with van der Waals surface area (Å²) in [5.74, 6) is 0.962. The van der Waals surface area contributed by atoms with Crippen molar-refractivity contribution in [1.82, 2.24) is 24.5 Å². The van der Waals surface area contributed by atoms with Crippen LogP contribution in [0.4, 0.5) is 8.78 Å². The molecule has 3 heterocycles. The second-order valence-electron chi connectivity index (χ2n) is 6.82. The number of hydrogen-bond acceptors (Lipinski definition) is 4. The summed E-state index contributed by atoms with van der Waals surface area (Å²) in [5, 5.41) is 3.81. The summed E-state index contributed by atoms with van der Waals surface area (Å²) in [6.07, 6.45) is 1.23. The molecule has 1 amide bonds. The van der Waals surface area contributed by atoms with Gasteiger partial charge in [-0.1, -0.05) is 6.92 Å². The molecule has 0 aromatic carbocycles. The Morgan fingerprint density at radius 2 is 2.21 bits per heavy atom. The van der Waals surface area contributed by atoms with Crippen molar-refractivity contribution in [2.45, 2.75) is 38.5 Å². The summed E-state index contributed by atoms with van der Waals surface area (Å²) in [6.45, 7) is 3.37. The molecule has 128 valence electrons. The second kappa shape index (κ2) is 5.75. The van der Waals surface area contributed by atoms with E-state index in [0.717, 1.165) is 30.3 Å². The van der Waals surface area contributed by atoms with Gasteiger partial charge in [0.25, 0.3) is 12.2 Å². The van der Waals surface area contributed by atoms with Crippen LogP contribution >= 0.6 is 0 Å². The Kier molecular flexibility index (Phi) is 3.69. The molecule has 3 atom stereocenters. The SMILES string of the molecule is C[C@@H]1C[C@@H]1C(=O)N1CCC[C@@H](c2cc(C(F)F)n3ncnc3n2)C1. The highest BCUT2D eigenvalue weighted by Crippen LogP contribution is 2.40. The van der Waals surface area contributed by atoms with Crippen molar-refractivity contribution < 1.29 is 13.6 Å². The lowest BCUT2D eigenvalue weighted by atomic mass is 9.93. The van der Waals surface area contributed by atoms with E-state index in [1.165, 1.54) is 12.4 Å². The summed E-state index contributed by atoms with van der Waals surface area (Å²) >= 11 is 0. The van der Waals surface area contributed by atoms with E-state index < -0.39 is 6.43 Å². The van der Waals surface area contributed by atoms with Crippen molar-refractivity contribution in [3.63, 3.8) is 0 Å². The van der Waals surface area contributed by atoms with Crippen LogP contribution in [0.2, 0.25) is 0 Å².